The summed E-state index contributed by atoms with van der Waals surface area (Å²) in [5.74, 6) is -1.29. The second-order valence-corrected chi connectivity index (χ2v) is 11.6. The molecule has 1 aliphatic heterocycles. The Balaban J connectivity index is 1.51. The van der Waals surface area contributed by atoms with E-state index in [0.29, 0.717) is 39.1 Å². The van der Waals surface area contributed by atoms with Gasteiger partial charge in [0.15, 0.2) is 4.34 Å². The molecule has 5 rings (SSSR count). The Labute approximate surface area is 245 Å². The molecule has 7 nitrogen and oxygen atoms in total. The van der Waals surface area contributed by atoms with Crippen molar-refractivity contribution in [3.05, 3.63) is 107 Å². The lowest BCUT2D eigenvalue weighted by Gasteiger charge is -2.23. The van der Waals surface area contributed by atoms with E-state index in [-0.39, 0.29) is 22.3 Å². The number of aliphatic hydroxyl groups excluding tert-OH is 1. The number of carbonyl (C=O) groups is 2. The van der Waals surface area contributed by atoms with Crippen molar-refractivity contribution < 1.29 is 23.8 Å². The quantitative estimate of drug-likeness (QED) is 0.0495. The van der Waals surface area contributed by atoms with E-state index in [9.17, 15) is 19.1 Å². The molecule has 0 bridgehead atoms. The maximum Gasteiger partial charge on any atom is 0.301 e. The second kappa shape index (κ2) is 13.1. The molecule has 1 N–H and O–H groups in total. The van der Waals surface area contributed by atoms with Crippen molar-refractivity contribution in [2.45, 2.75) is 42.3 Å². The molecule has 2 heterocycles. The number of benzene rings is 3. The molecule has 1 aliphatic rings. The van der Waals surface area contributed by atoms with Crippen LogP contribution in [0.25, 0.3) is 5.76 Å². The van der Waals surface area contributed by atoms with Gasteiger partial charge in [-0.15, -0.1) is 10.2 Å². The number of thioether (sulfide) groups is 1. The van der Waals surface area contributed by atoms with Crippen molar-refractivity contribution in [3.63, 3.8) is 0 Å². The van der Waals surface area contributed by atoms with Crippen LogP contribution in [0.5, 0.6) is 5.75 Å². The summed E-state index contributed by atoms with van der Waals surface area (Å²) in [6, 6.07) is 21.4. The van der Waals surface area contributed by atoms with E-state index in [1.165, 1.54) is 22.7 Å². The summed E-state index contributed by atoms with van der Waals surface area (Å²) in [6.45, 7) is 2.66. The number of ketones is 1. The zero-order valence-electron chi connectivity index (χ0n) is 22.3. The summed E-state index contributed by atoms with van der Waals surface area (Å²) < 4.78 is 20.6. The molecule has 10 heteroatoms. The Morgan fingerprint density at radius 2 is 1.80 bits per heavy atom. The number of anilines is 1. The molecule has 0 radical (unpaired) electrons. The van der Waals surface area contributed by atoms with Crippen molar-refractivity contribution in [3.8, 4) is 5.75 Å². The van der Waals surface area contributed by atoms with Crippen LogP contribution in [0, 0.1) is 5.82 Å². The molecule has 4 aromatic rings. The molecular formula is C31H28FN3O4S2. The summed E-state index contributed by atoms with van der Waals surface area (Å²) in [6.07, 6.45) is 3.02. The number of rotatable bonds is 11. The van der Waals surface area contributed by atoms with Crippen LogP contribution in [0.3, 0.4) is 0 Å². The predicted octanol–water partition coefficient (Wildman–Crippen LogP) is 7.16. The minimum atomic E-state index is -0.952. The van der Waals surface area contributed by atoms with Gasteiger partial charge in [-0.3, -0.25) is 14.5 Å². The molecule has 1 atom stereocenters. The van der Waals surface area contributed by atoms with Crippen molar-refractivity contribution in [2.75, 3.05) is 11.5 Å². The number of aromatic nitrogens is 2. The molecule has 3 aromatic carbocycles. The minimum Gasteiger partial charge on any atom is -0.507 e. The predicted molar refractivity (Wildman–Crippen MR) is 159 cm³/mol. The van der Waals surface area contributed by atoms with Gasteiger partial charge in [0.05, 0.1) is 18.2 Å². The first-order chi connectivity index (χ1) is 20.0. The Morgan fingerprint density at radius 3 is 2.59 bits per heavy atom. The average molecular weight is 590 g/mol. The highest BCUT2D eigenvalue weighted by molar-refractivity contribution is 8.00. The van der Waals surface area contributed by atoms with Crippen molar-refractivity contribution >= 4 is 45.7 Å². The van der Waals surface area contributed by atoms with Crippen LogP contribution in [-0.4, -0.2) is 33.6 Å². The van der Waals surface area contributed by atoms with Crippen LogP contribution in [0.1, 0.15) is 48.9 Å². The molecule has 0 aliphatic carbocycles. The molecule has 1 fully saturated rings. The highest BCUT2D eigenvalue weighted by atomic mass is 32.2. The molecule has 1 amide bonds. The third-order valence-electron chi connectivity index (χ3n) is 6.59. The van der Waals surface area contributed by atoms with Crippen LogP contribution in [0.2, 0.25) is 0 Å². The lowest BCUT2D eigenvalue weighted by molar-refractivity contribution is -0.132. The van der Waals surface area contributed by atoms with Gasteiger partial charge in [-0.2, -0.15) is 0 Å². The summed E-state index contributed by atoms with van der Waals surface area (Å²) >= 11 is 2.41. The monoisotopic (exact) mass is 589 g/mol. The summed E-state index contributed by atoms with van der Waals surface area (Å²) in [7, 11) is 0. The number of unbranched alkanes of at least 4 members (excludes halogenated alkanes) is 2. The van der Waals surface area contributed by atoms with Gasteiger partial charge in [-0.05, 0) is 35.7 Å². The highest BCUT2D eigenvalue weighted by Crippen LogP contribution is 2.44. The number of carbonyl (C=O) groups excluding carboxylic acids is 2. The SMILES string of the molecule is CCCCCOc1cccc(C2/C(=C(\O)c3ccccc3)C(=O)C(=O)N2c2nnc(SCc3ccccc3F)s2)c1. The van der Waals surface area contributed by atoms with Gasteiger partial charge >= 0.3 is 5.91 Å². The lowest BCUT2D eigenvalue weighted by atomic mass is 9.95. The number of nitrogens with zero attached hydrogens (tertiary/aromatic N) is 3. The van der Waals surface area contributed by atoms with Gasteiger partial charge in [-0.25, -0.2) is 4.39 Å². The number of Topliss-reactive ketones (excluding diaryl/α,β-unsaturated/α-hetero) is 1. The van der Waals surface area contributed by atoms with E-state index in [1.54, 1.807) is 66.7 Å². The fourth-order valence-electron chi connectivity index (χ4n) is 4.53. The van der Waals surface area contributed by atoms with Crippen molar-refractivity contribution in [1.82, 2.24) is 10.2 Å². The first-order valence-corrected chi connectivity index (χ1v) is 15.1. The summed E-state index contributed by atoms with van der Waals surface area (Å²) in [5, 5.41) is 19.9. The fourth-order valence-corrected chi connectivity index (χ4v) is 6.38. The summed E-state index contributed by atoms with van der Waals surface area (Å²) in [5.41, 5.74) is 1.49. The number of amides is 1. The second-order valence-electron chi connectivity index (χ2n) is 9.39. The van der Waals surface area contributed by atoms with Crippen LogP contribution in [0.15, 0.2) is 88.8 Å². The maximum absolute atomic E-state index is 14.1. The van der Waals surface area contributed by atoms with Gasteiger partial charge in [0.2, 0.25) is 5.13 Å². The van der Waals surface area contributed by atoms with Crippen molar-refractivity contribution in [1.29, 1.82) is 0 Å². The zero-order valence-corrected chi connectivity index (χ0v) is 24.0. The molecule has 210 valence electrons. The van der Waals surface area contributed by atoms with Crippen LogP contribution < -0.4 is 9.64 Å². The molecule has 0 saturated carbocycles. The zero-order chi connectivity index (χ0) is 28.8. The van der Waals surface area contributed by atoms with E-state index in [4.69, 9.17) is 4.74 Å². The van der Waals surface area contributed by atoms with Gasteiger partial charge in [-0.1, -0.05) is 104 Å². The number of ether oxygens (including phenoxy) is 1. The van der Waals surface area contributed by atoms with Crippen molar-refractivity contribution in [2.24, 2.45) is 0 Å². The average Bonchev–Trinajstić information content (AvgIpc) is 3.57. The normalized spacial score (nSPS) is 16.3. The summed E-state index contributed by atoms with van der Waals surface area (Å²) in [4.78, 5) is 28.2. The lowest BCUT2D eigenvalue weighted by Crippen LogP contribution is -2.29. The Hall–Kier alpha value is -4.02. The first kappa shape index (κ1) is 28.5. The molecule has 1 saturated heterocycles. The first-order valence-electron chi connectivity index (χ1n) is 13.3. The third kappa shape index (κ3) is 6.34. The van der Waals surface area contributed by atoms with E-state index in [0.717, 1.165) is 30.6 Å². The number of aliphatic hydroxyl groups is 1. The molecule has 1 aromatic heterocycles. The van der Waals surface area contributed by atoms with Crippen LogP contribution in [-0.2, 0) is 15.3 Å². The minimum absolute atomic E-state index is 0.0416. The highest BCUT2D eigenvalue weighted by Gasteiger charge is 2.48. The fraction of sp³-hybridized carbons (Fsp3) is 0.226. The van der Waals surface area contributed by atoms with E-state index < -0.39 is 17.7 Å². The largest absolute Gasteiger partial charge is 0.507 e. The smallest absolute Gasteiger partial charge is 0.301 e. The Morgan fingerprint density at radius 1 is 1.02 bits per heavy atom. The van der Waals surface area contributed by atoms with E-state index >= 15 is 0 Å². The van der Waals surface area contributed by atoms with Gasteiger partial charge < -0.3 is 9.84 Å². The molecular weight excluding hydrogens is 561 g/mol. The van der Waals surface area contributed by atoms with Crippen LogP contribution in [0.4, 0.5) is 9.52 Å². The van der Waals surface area contributed by atoms with Gasteiger partial charge in [0.1, 0.15) is 17.3 Å². The van der Waals surface area contributed by atoms with E-state index in [2.05, 4.69) is 17.1 Å². The van der Waals surface area contributed by atoms with Gasteiger partial charge in [0, 0.05) is 11.3 Å². The van der Waals surface area contributed by atoms with Crippen LogP contribution >= 0.6 is 23.1 Å². The number of hydrogen-bond donors (Lipinski definition) is 1. The molecule has 1 unspecified atom stereocenters. The Kier molecular flexibility index (Phi) is 9.11. The maximum atomic E-state index is 14.1. The van der Waals surface area contributed by atoms with Gasteiger partial charge in [0.25, 0.3) is 5.78 Å². The standard InChI is InChI=1S/C31H28FN3O4S2/c1-2-3-9-17-39-23-15-10-14-21(18-23)26-25(27(36)20-11-5-4-6-12-20)28(37)29(38)35(26)30-33-34-31(41-30)40-19-22-13-7-8-16-24(22)32/h4-8,10-16,18,26,36H,2-3,9,17,19H2,1H3/b27-25+. The number of halogens is 1. The van der Waals surface area contributed by atoms with E-state index in [1.807, 2.05) is 6.07 Å². The number of hydrogen-bond acceptors (Lipinski definition) is 8. The Bertz CT molecular complexity index is 1570. The third-order valence-corrected chi connectivity index (χ3v) is 8.70. The molecule has 41 heavy (non-hydrogen) atoms. The molecule has 0 spiro atoms. The topological polar surface area (TPSA) is 92.6 Å².